The van der Waals surface area contributed by atoms with Crippen molar-refractivity contribution in [1.82, 2.24) is 19.4 Å². The van der Waals surface area contributed by atoms with Crippen LogP contribution in [0, 0.1) is 0 Å². The minimum absolute atomic E-state index is 0.221. The smallest absolute Gasteiger partial charge is 0.318 e. The van der Waals surface area contributed by atoms with E-state index in [2.05, 4.69) is 10.3 Å². The molecule has 0 saturated carbocycles. The van der Waals surface area contributed by atoms with Crippen molar-refractivity contribution in [3.05, 3.63) is 99.1 Å². The third-order valence-corrected chi connectivity index (χ3v) is 4.74. The molecule has 0 unspecified atom stereocenters. The molecule has 1 amide bonds. The van der Waals surface area contributed by atoms with Crippen molar-refractivity contribution >= 4 is 17.1 Å². The number of hydrogen-bond acceptors (Lipinski definition) is 5. The average molecular weight is 404 g/mol. The van der Waals surface area contributed by atoms with E-state index in [9.17, 15) is 14.4 Å². The quantitative estimate of drug-likeness (QED) is 0.471. The molecule has 0 aliphatic rings. The lowest BCUT2D eigenvalue weighted by Gasteiger charge is -2.14. The molecule has 0 aliphatic carbocycles. The first-order valence-electron chi connectivity index (χ1n) is 9.55. The minimum Gasteiger partial charge on any atom is -0.469 e. The largest absolute Gasteiger partial charge is 0.469 e. The first-order chi connectivity index (χ1) is 14.6. The number of aromatic nitrogens is 3. The number of hydrogen-bond donors (Lipinski definition) is 1. The lowest BCUT2D eigenvalue weighted by Crippen LogP contribution is -2.44. The maximum Gasteiger partial charge on any atom is 0.318 e. The molecule has 8 nitrogen and oxygen atoms in total. The zero-order valence-corrected chi connectivity index (χ0v) is 16.2. The second-order valence-electron chi connectivity index (χ2n) is 6.79. The van der Waals surface area contributed by atoms with Crippen LogP contribution in [0.1, 0.15) is 11.3 Å². The number of nitrogens with zero attached hydrogens (tertiary/aromatic N) is 3. The van der Waals surface area contributed by atoms with Gasteiger partial charge in [-0.3, -0.25) is 23.5 Å². The fraction of sp³-hybridized carbons (Fsp3) is 0.182. The minimum atomic E-state index is -0.757. The zero-order chi connectivity index (χ0) is 20.9. The van der Waals surface area contributed by atoms with Crippen LogP contribution in [-0.2, 0) is 24.3 Å². The number of fused-ring (bicyclic) bond motifs is 1. The first-order valence-corrected chi connectivity index (χ1v) is 9.55. The Morgan fingerprint density at radius 2 is 1.77 bits per heavy atom. The summed E-state index contributed by atoms with van der Waals surface area (Å²) in [6.07, 6.45) is 3.66. The van der Waals surface area contributed by atoms with Gasteiger partial charge in [-0.15, -0.1) is 0 Å². The Labute approximate surface area is 171 Å². The summed E-state index contributed by atoms with van der Waals surface area (Å²) in [6.45, 7) is 0.321. The molecule has 0 spiro atoms. The van der Waals surface area contributed by atoms with E-state index in [0.717, 1.165) is 11.3 Å². The molecule has 1 aromatic carbocycles. The maximum absolute atomic E-state index is 12.8. The predicted octanol–water partition coefficient (Wildman–Crippen LogP) is 1.56. The molecular formula is C22H20N4O4. The lowest BCUT2D eigenvalue weighted by molar-refractivity contribution is -0.121. The molecule has 0 aliphatic heterocycles. The van der Waals surface area contributed by atoms with E-state index in [4.69, 9.17) is 4.42 Å². The molecule has 4 rings (SSSR count). The highest BCUT2D eigenvalue weighted by Crippen LogP contribution is 2.10. The topological polar surface area (TPSA) is 99.1 Å². The molecule has 8 heteroatoms. The van der Waals surface area contributed by atoms with E-state index in [-0.39, 0.29) is 19.0 Å². The summed E-state index contributed by atoms with van der Waals surface area (Å²) in [4.78, 5) is 42.3. The summed E-state index contributed by atoms with van der Waals surface area (Å²) in [5.41, 5.74) is 0.189. The summed E-state index contributed by atoms with van der Waals surface area (Å²) in [7, 11) is 0. The zero-order valence-electron chi connectivity index (χ0n) is 16.2. The van der Waals surface area contributed by atoms with Crippen LogP contribution in [0.4, 0.5) is 0 Å². The van der Waals surface area contributed by atoms with Crippen molar-refractivity contribution < 1.29 is 9.21 Å². The van der Waals surface area contributed by atoms with Crippen LogP contribution in [0.5, 0.6) is 0 Å². The second kappa shape index (κ2) is 8.60. The number of carbonyl (C=O) groups excluding carboxylic acids is 1. The van der Waals surface area contributed by atoms with Gasteiger partial charge in [0.25, 0.3) is 0 Å². The van der Waals surface area contributed by atoms with Crippen LogP contribution >= 0.6 is 0 Å². The number of nitrogens with one attached hydrogen (secondary N) is 1. The van der Waals surface area contributed by atoms with E-state index in [1.165, 1.54) is 9.13 Å². The first kappa shape index (κ1) is 19.4. The van der Waals surface area contributed by atoms with Gasteiger partial charge in [0, 0.05) is 19.2 Å². The Morgan fingerprint density at radius 1 is 0.967 bits per heavy atom. The predicted molar refractivity (Wildman–Crippen MR) is 111 cm³/mol. The lowest BCUT2D eigenvalue weighted by atomic mass is 10.2. The fourth-order valence-electron chi connectivity index (χ4n) is 3.29. The summed E-state index contributed by atoms with van der Waals surface area (Å²) < 4.78 is 7.75. The molecule has 1 N–H and O–H groups in total. The number of pyridine rings is 1. The van der Waals surface area contributed by atoms with Gasteiger partial charge in [-0.25, -0.2) is 4.98 Å². The van der Waals surface area contributed by atoms with Crippen molar-refractivity contribution in [3.63, 3.8) is 0 Å². The van der Waals surface area contributed by atoms with Crippen molar-refractivity contribution in [3.8, 4) is 0 Å². The molecule has 0 fully saturated rings. The molecule has 0 saturated heterocycles. The van der Waals surface area contributed by atoms with Crippen LogP contribution < -0.4 is 16.4 Å². The molecule has 3 heterocycles. The second-order valence-corrected chi connectivity index (χ2v) is 6.79. The van der Waals surface area contributed by atoms with E-state index in [1.54, 1.807) is 30.7 Å². The number of benzene rings is 1. The monoisotopic (exact) mass is 404 g/mol. The maximum atomic E-state index is 12.8. The van der Waals surface area contributed by atoms with Gasteiger partial charge in [0.1, 0.15) is 12.3 Å². The third-order valence-electron chi connectivity index (χ3n) is 4.74. The van der Waals surface area contributed by atoms with Crippen molar-refractivity contribution in [2.24, 2.45) is 0 Å². The molecule has 3 aromatic heterocycles. The Balaban J connectivity index is 1.62. The van der Waals surface area contributed by atoms with E-state index in [1.807, 2.05) is 36.4 Å². The summed E-state index contributed by atoms with van der Waals surface area (Å²) >= 11 is 0. The summed E-state index contributed by atoms with van der Waals surface area (Å²) in [5.74, 6) is 0.389. The average Bonchev–Trinajstić information content (AvgIpc) is 3.28. The molecule has 30 heavy (non-hydrogen) atoms. The van der Waals surface area contributed by atoms with Gasteiger partial charge >= 0.3 is 11.1 Å². The molecular weight excluding hydrogens is 384 g/mol. The third kappa shape index (κ3) is 4.07. The molecule has 152 valence electrons. The van der Waals surface area contributed by atoms with Crippen LogP contribution in [-0.4, -0.2) is 26.6 Å². The van der Waals surface area contributed by atoms with Gasteiger partial charge < -0.3 is 9.73 Å². The van der Waals surface area contributed by atoms with Gasteiger partial charge in [-0.2, -0.15) is 0 Å². The Kier molecular flexibility index (Phi) is 5.56. The van der Waals surface area contributed by atoms with E-state index in [0.29, 0.717) is 24.1 Å². The SMILES string of the molecule is O=C(Cn1c(=O)c(=O)n(Cc2ccccc2)c2ncccc21)NCCc1ccco1. The van der Waals surface area contributed by atoms with Crippen LogP contribution in [0.2, 0.25) is 0 Å². The summed E-state index contributed by atoms with van der Waals surface area (Å²) in [6, 6.07) is 16.3. The van der Waals surface area contributed by atoms with Crippen molar-refractivity contribution in [2.45, 2.75) is 19.5 Å². The molecule has 0 bridgehead atoms. The standard InChI is InChI=1S/C22H20N4O4/c27-19(23-12-10-17-8-5-13-30-17)15-25-18-9-4-11-24-20(18)26(22(29)21(25)28)14-16-6-2-1-3-7-16/h1-9,11,13H,10,12,14-15H2,(H,23,27). The van der Waals surface area contributed by atoms with Crippen molar-refractivity contribution in [2.75, 3.05) is 6.54 Å². The van der Waals surface area contributed by atoms with Crippen LogP contribution in [0.3, 0.4) is 0 Å². The highest BCUT2D eigenvalue weighted by molar-refractivity contribution is 5.78. The number of carbonyl (C=O) groups is 1. The highest BCUT2D eigenvalue weighted by Gasteiger charge is 2.16. The Morgan fingerprint density at radius 3 is 2.53 bits per heavy atom. The highest BCUT2D eigenvalue weighted by atomic mass is 16.3. The van der Waals surface area contributed by atoms with Crippen LogP contribution in [0.15, 0.2) is 81.1 Å². The van der Waals surface area contributed by atoms with E-state index < -0.39 is 11.1 Å². The molecule has 0 radical (unpaired) electrons. The molecule has 4 aromatic rings. The van der Waals surface area contributed by atoms with Gasteiger partial charge in [-0.1, -0.05) is 30.3 Å². The Hall–Kier alpha value is -3.94. The molecule has 0 atom stereocenters. The van der Waals surface area contributed by atoms with Gasteiger partial charge in [0.15, 0.2) is 5.65 Å². The number of amides is 1. The van der Waals surface area contributed by atoms with Gasteiger partial charge in [-0.05, 0) is 29.8 Å². The van der Waals surface area contributed by atoms with Gasteiger partial charge in [0.05, 0.1) is 18.3 Å². The van der Waals surface area contributed by atoms with Crippen molar-refractivity contribution in [1.29, 1.82) is 0 Å². The Bertz CT molecular complexity index is 1270. The van der Waals surface area contributed by atoms with Gasteiger partial charge in [0.2, 0.25) is 5.91 Å². The van der Waals surface area contributed by atoms with E-state index >= 15 is 0 Å². The normalized spacial score (nSPS) is 10.9. The van der Waals surface area contributed by atoms with Crippen LogP contribution in [0.25, 0.3) is 11.2 Å². The number of rotatable bonds is 7. The number of furan rings is 1. The fourth-order valence-corrected chi connectivity index (χ4v) is 3.29. The summed E-state index contributed by atoms with van der Waals surface area (Å²) in [5, 5.41) is 2.75.